The third-order valence-corrected chi connectivity index (χ3v) is 4.19. The van der Waals surface area contributed by atoms with Gasteiger partial charge in [0.05, 0.1) is 0 Å². The summed E-state index contributed by atoms with van der Waals surface area (Å²) in [5, 5.41) is 0. The summed E-state index contributed by atoms with van der Waals surface area (Å²) < 4.78 is 0. The molecule has 1 aliphatic carbocycles. The highest BCUT2D eigenvalue weighted by Crippen LogP contribution is 2.46. The van der Waals surface area contributed by atoms with Gasteiger partial charge in [0.15, 0.2) is 0 Å². The van der Waals surface area contributed by atoms with Crippen molar-refractivity contribution >= 4 is 5.91 Å². The Hall–Kier alpha value is -0.530. The van der Waals surface area contributed by atoms with Crippen molar-refractivity contribution in [3.63, 3.8) is 0 Å². The Bertz CT molecular complexity index is 234. The monoisotopic (exact) mass is 181 g/mol. The van der Waals surface area contributed by atoms with E-state index >= 15 is 0 Å². The van der Waals surface area contributed by atoms with Gasteiger partial charge in [0.2, 0.25) is 5.91 Å². The highest BCUT2D eigenvalue weighted by Gasteiger charge is 2.51. The Labute approximate surface area is 80.3 Å². The van der Waals surface area contributed by atoms with Crippen molar-refractivity contribution in [2.75, 3.05) is 7.05 Å². The van der Waals surface area contributed by atoms with Crippen molar-refractivity contribution in [3.8, 4) is 0 Å². The van der Waals surface area contributed by atoms with Crippen LogP contribution in [-0.2, 0) is 4.79 Å². The molecule has 2 rings (SSSR count). The van der Waals surface area contributed by atoms with E-state index in [1.807, 2.05) is 11.9 Å². The number of carbonyl (C=O) groups is 1. The van der Waals surface area contributed by atoms with E-state index in [0.717, 1.165) is 6.42 Å². The van der Waals surface area contributed by atoms with Gasteiger partial charge in [0, 0.05) is 18.5 Å². The molecule has 1 aliphatic heterocycles. The number of fused-ring (bicyclic) bond motifs is 1. The van der Waals surface area contributed by atoms with E-state index in [1.54, 1.807) is 0 Å². The van der Waals surface area contributed by atoms with E-state index in [1.165, 1.54) is 19.3 Å². The molecular formula is C11H19NO. The van der Waals surface area contributed by atoms with Gasteiger partial charge >= 0.3 is 0 Å². The summed E-state index contributed by atoms with van der Waals surface area (Å²) >= 11 is 0. The Kier molecular flexibility index (Phi) is 1.90. The second-order valence-corrected chi connectivity index (χ2v) is 5.05. The average molecular weight is 181 g/mol. The Morgan fingerprint density at radius 1 is 1.31 bits per heavy atom. The molecule has 1 amide bonds. The van der Waals surface area contributed by atoms with Crippen LogP contribution >= 0.6 is 0 Å². The van der Waals surface area contributed by atoms with Crippen molar-refractivity contribution in [2.24, 2.45) is 11.8 Å². The third-order valence-electron chi connectivity index (χ3n) is 4.19. The molecule has 0 aromatic heterocycles. The summed E-state index contributed by atoms with van der Waals surface area (Å²) in [7, 11) is 1.96. The highest BCUT2D eigenvalue weighted by atomic mass is 16.2. The Morgan fingerprint density at radius 3 is 2.54 bits per heavy atom. The lowest BCUT2D eigenvalue weighted by Gasteiger charge is -2.35. The number of hydrogen-bond acceptors (Lipinski definition) is 1. The quantitative estimate of drug-likeness (QED) is 0.560. The zero-order chi connectivity index (χ0) is 9.64. The van der Waals surface area contributed by atoms with Gasteiger partial charge in [-0.25, -0.2) is 0 Å². The smallest absolute Gasteiger partial charge is 0.226 e. The van der Waals surface area contributed by atoms with Crippen LogP contribution in [0.3, 0.4) is 0 Å². The molecule has 0 bridgehead atoms. The van der Waals surface area contributed by atoms with Crippen LogP contribution in [0.2, 0.25) is 0 Å². The first-order valence-electron chi connectivity index (χ1n) is 5.33. The largest absolute Gasteiger partial charge is 0.340 e. The maximum absolute atomic E-state index is 11.9. The molecule has 74 valence electrons. The van der Waals surface area contributed by atoms with Crippen LogP contribution < -0.4 is 0 Å². The van der Waals surface area contributed by atoms with Gasteiger partial charge in [-0.05, 0) is 32.6 Å². The molecule has 0 spiro atoms. The summed E-state index contributed by atoms with van der Waals surface area (Å²) in [6.07, 6.45) is 4.92. The van der Waals surface area contributed by atoms with Gasteiger partial charge < -0.3 is 4.90 Å². The molecule has 2 atom stereocenters. The van der Waals surface area contributed by atoms with Crippen LogP contribution in [0, 0.1) is 11.8 Å². The third kappa shape index (κ3) is 1.11. The number of nitrogens with zero attached hydrogens (tertiary/aromatic N) is 1. The summed E-state index contributed by atoms with van der Waals surface area (Å²) in [5.74, 6) is 1.34. The fraction of sp³-hybridized carbons (Fsp3) is 0.909. The zero-order valence-corrected chi connectivity index (χ0v) is 8.84. The van der Waals surface area contributed by atoms with E-state index in [4.69, 9.17) is 0 Å². The van der Waals surface area contributed by atoms with E-state index in [0.29, 0.717) is 17.7 Å². The van der Waals surface area contributed by atoms with E-state index in [9.17, 15) is 4.79 Å². The van der Waals surface area contributed by atoms with Crippen LogP contribution in [0.15, 0.2) is 0 Å². The van der Waals surface area contributed by atoms with E-state index in [-0.39, 0.29) is 5.54 Å². The first-order chi connectivity index (χ1) is 6.05. The van der Waals surface area contributed by atoms with Crippen molar-refractivity contribution < 1.29 is 4.79 Å². The predicted molar refractivity (Wildman–Crippen MR) is 52.3 cm³/mol. The molecule has 1 saturated carbocycles. The molecule has 2 unspecified atom stereocenters. The molecule has 1 saturated heterocycles. The molecule has 2 fully saturated rings. The van der Waals surface area contributed by atoms with Crippen molar-refractivity contribution in [2.45, 2.75) is 45.1 Å². The number of hydrogen-bond donors (Lipinski definition) is 0. The van der Waals surface area contributed by atoms with Gasteiger partial charge in [-0.15, -0.1) is 0 Å². The van der Waals surface area contributed by atoms with Crippen LogP contribution in [0.5, 0.6) is 0 Å². The molecule has 1 heterocycles. The van der Waals surface area contributed by atoms with E-state index in [2.05, 4.69) is 13.8 Å². The maximum Gasteiger partial charge on any atom is 0.226 e. The lowest BCUT2D eigenvalue weighted by molar-refractivity contribution is -0.132. The second kappa shape index (κ2) is 2.73. The first kappa shape index (κ1) is 9.04. The molecule has 13 heavy (non-hydrogen) atoms. The topological polar surface area (TPSA) is 20.3 Å². The minimum atomic E-state index is 0.0994. The minimum Gasteiger partial charge on any atom is -0.340 e. The molecule has 2 aliphatic rings. The van der Waals surface area contributed by atoms with Gasteiger partial charge in [-0.3, -0.25) is 4.79 Å². The number of rotatable bonds is 0. The average Bonchev–Trinajstić information content (AvgIpc) is 2.30. The first-order valence-corrected chi connectivity index (χ1v) is 5.33. The summed E-state index contributed by atoms with van der Waals surface area (Å²) in [6.45, 7) is 4.42. The van der Waals surface area contributed by atoms with Crippen molar-refractivity contribution in [3.05, 3.63) is 0 Å². The number of likely N-dealkylation sites (tertiary alicyclic amines) is 1. The maximum atomic E-state index is 11.9. The molecule has 0 aromatic rings. The SMILES string of the molecule is CN1C(=O)C2CCCCC2C1(C)C. The lowest BCUT2D eigenvalue weighted by Crippen LogP contribution is -2.41. The van der Waals surface area contributed by atoms with Crippen LogP contribution in [0.4, 0.5) is 0 Å². The van der Waals surface area contributed by atoms with Crippen LogP contribution in [0.1, 0.15) is 39.5 Å². The second-order valence-electron chi connectivity index (χ2n) is 5.05. The fourth-order valence-electron chi connectivity index (χ4n) is 3.05. The van der Waals surface area contributed by atoms with Gasteiger partial charge in [0.1, 0.15) is 0 Å². The zero-order valence-electron chi connectivity index (χ0n) is 8.84. The molecule has 0 radical (unpaired) electrons. The highest BCUT2D eigenvalue weighted by molar-refractivity contribution is 5.82. The van der Waals surface area contributed by atoms with E-state index < -0.39 is 0 Å². The predicted octanol–water partition coefficient (Wildman–Crippen LogP) is 2.04. The minimum absolute atomic E-state index is 0.0994. The molecule has 0 N–H and O–H groups in total. The lowest BCUT2D eigenvalue weighted by atomic mass is 9.73. The molecule has 0 aromatic carbocycles. The van der Waals surface area contributed by atoms with Crippen LogP contribution in [-0.4, -0.2) is 23.4 Å². The van der Waals surface area contributed by atoms with Crippen LogP contribution in [0.25, 0.3) is 0 Å². The van der Waals surface area contributed by atoms with Crippen molar-refractivity contribution in [1.29, 1.82) is 0 Å². The molecular weight excluding hydrogens is 162 g/mol. The summed E-state index contributed by atoms with van der Waals surface area (Å²) in [4.78, 5) is 13.8. The van der Waals surface area contributed by atoms with Gasteiger partial charge in [-0.1, -0.05) is 12.8 Å². The Balaban J connectivity index is 2.29. The van der Waals surface area contributed by atoms with Gasteiger partial charge in [0.25, 0.3) is 0 Å². The molecule has 2 heteroatoms. The number of amides is 1. The fourth-order valence-corrected chi connectivity index (χ4v) is 3.05. The normalized spacial score (nSPS) is 37.8. The summed E-state index contributed by atoms with van der Waals surface area (Å²) in [5.41, 5.74) is 0.0994. The Morgan fingerprint density at radius 2 is 1.92 bits per heavy atom. The van der Waals surface area contributed by atoms with Gasteiger partial charge in [-0.2, -0.15) is 0 Å². The summed E-state index contributed by atoms with van der Waals surface area (Å²) in [6, 6.07) is 0. The standard InChI is InChI=1S/C11H19NO/c1-11(2)9-7-5-4-6-8(9)10(13)12(11)3/h8-9H,4-7H2,1-3H3. The number of carbonyl (C=O) groups excluding carboxylic acids is 1. The van der Waals surface area contributed by atoms with Crippen molar-refractivity contribution in [1.82, 2.24) is 4.90 Å². The molecule has 2 nitrogen and oxygen atoms in total.